The van der Waals surface area contributed by atoms with Gasteiger partial charge in [-0.2, -0.15) is 0 Å². The number of nitrogens with zero attached hydrogens (tertiary/aromatic N) is 1. The van der Waals surface area contributed by atoms with E-state index in [1.54, 1.807) is 49.7 Å². The molecule has 1 aromatic carbocycles. The summed E-state index contributed by atoms with van der Waals surface area (Å²) in [6, 6.07) is 10.2. The number of pyridine rings is 1. The molecule has 0 aliphatic carbocycles. The number of aromatic nitrogens is 1. The zero-order chi connectivity index (χ0) is 14.4. The fourth-order valence-corrected chi connectivity index (χ4v) is 1.58. The van der Waals surface area contributed by atoms with Gasteiger partial charge in [-0.1, -0.05) is 6.07 Å². The minimum absolute atomic E-state index is 0.0896. The van der Waals surface area contributed by atoms with Gasteiger partial charge in [-0.25, -0.2) is 4.98 Å². The highest BCUT2D eigenvalue weighted by molar-refractivity contribution is 5.94. The van der Waals surface area contributed by atoms with E-state index in [-0.39, 0.29) is 12.6 Å². The molecule has 6 nitrogen and oxygen atoms in total. The lowest BCUT2D eigenvalue weighted by Crippen LogP contribution is -2.29. The molecule has 0 fully saturated rings. The Bertz CT molecular complexity index is 584. The molecule has 0 aliphatic rings. The Morgan fingerprint density at radius 3 is 2.80 bits per heavy atom. The van der Waals surface area contributed by atoms with Gasteiger partial charge in [-0.05, 0) is 24.3 Å². The van der Waals surface area contributed by atoms with Crippen LogP contribution in [0, 0.1) is 0 Å². The molecule has 1 aromatic heterocycles. The molecule has 0 saturated carbocycles. The van der Waals surface area contributed by atoms with Crippen molar-refractivity contribution in [2.24, 2.45) is 5.73 Å². The summed E-state index contributed by atoms with van der Waals surface area (Å²) in [4.78, 5) is 15.7. The number of carbonyl (C=O) groups excluding carboxylic acids is 1. The van der Waals surface area contributed by atoms with Crippen LogP contribution in [0.15, 0.2) is 42.6 Å². The number of amides is 1. The molecule has 0 aliphatic heterocycles. The lowest BCUT2D eigenvalue weighted by atomic mass is 10.2. The van der Waals surface area contributed by atoms with Crippen LogP contribution < -0.4 is 20.5 Å². The Morgan fingerprint density at radius 1 is 1.30 bits per heavy atom. The number of rotatable bonds is 5. The Hall–Kier alpha value is -2.60. The molecule has 2 rings (SSSR count). The van der Waals surface area contributed by atoms with Gasteiger partial charge >= 0.3 is 0 Å². The minimum atomic E-state index is -0.245. The first-order chi connectivity index (χ1) is 9.72. The molecule has 2 aromatic rings. The maximum Gasteiger partial charge on any atom is 0.252 e. The second kappa shape index (κ2) is 6.53. The lowest BCUT2D eigenvalue weighted by Gasteiger charge is -2.08. The molecule has 3 N–H and O–H groups in total. The van der Waals surface area contributed by atoms with Crippen molar-refractivity contribution in [3.05, 3.63) is 48.2 Å². The van der Waals surface area contributed by atoms with Gasteiger partial charge in [0.25, 0.3) is 5.91 Å². The molecule has 0 unspecified atom stereocenters. The summed E-state index contributed by atoms with van der Waals surface area (Å²) >= 11 is 0. The normalized spacial score (nSPS) is 9.90. The molecule has 6 heteroatoms. The number of ether oxygens (including phenoxy) is 2. The second-order valence-corrected chi connectivity index (χ2v) is 3.88. The van der Waals surface area contributed by atoms with E-state index in [0.717, 1.165) is 0 Å². The SMILES string of the molecule is COc1ccc(Oc2cccc(C(=O)NCN)c2)cn1. The van der Waals surface area contributed by atoms with Crippen LogP contribution in [-0.4, -0.2) is 24.7 Å². The molecule has 1 amide bonds. The van der Waals surface area contributed by atoms with E-state index in [1.807, 2.05) is 0 Å². The van der Waals surface area contributed by atoms with E-state index in [9.17, 15) is 4.79 Å². The average Bonchev–Trinajstić information content (AvgIpc) is 2.48. The van der Waals surface area contributed by atoms with Crippen molar-refractivity contribution in [2.45, 2.75) is 0 Å². The van der Waals surface area contributed by atoms with E-state index in [4.69, 9.17) is 15.2 Å². The molecule has 0 saturated heterocycles. The van der Waals surface area contributed by atoms with E-state index >= 15 is 0 Å². The zero-order valence-corrected chi connectivity index (χ0v) is 11.0. The molecule has 20 heavy (non-hydrogen) atoms. The highest BCUT2D eigenvalue weighted by atomic mass is 16.5. The second-order valence-electron chi connectivity index (χ2n) is 3.88. The number of carbonyl (C=O) groups is 1. The van der Waals surface area contributed by atoms with E-state index in [2.05, 4.69) is 10.3 Å². The van der Waals surface area contributed by atoms with Gasteiger partial charge in [0.15, 0.2) is 0 Å². The van der Waals surface area contributed by atoms with Crippen LogP contribution in [0.4, 0.5) is 0 Å². The van der Waals surface area contributed by atoms with Crippen LogP contribution in [-0.2, 0) is 0 Å². The predicted octanol–water partition coefficient (Wildman–Crippen LogP) is 1.53. The van der Waals surface area contributed by atoms with Crippen molar-refractivity contribution >= 4 is 5.91 Å². The Kier molecular flexibility index (Phi) is 4.52. The third kappa shape index (κ3) is 3.46. The van der Waals surface area contributed by atoms with E-state index in [1.165, 1.54) is 0 Å². The summed E-state index contributed by atoms with van der Waals surface area (Å²) < 4.78 is 10.6. The Balaban J connectivity index is 2.12. The fraction of sp³-hybridized carbons (Fsp3) is 0.143. The summed E-state index contributed by atoms with van der Waals surface area (Å²) in [7, 11) is 1.54. The first-order valence-electron chi connectivity index (χ1n) is 5.99. The van der Waals surface area contributed by atoms with Crippen molar-refractivity contribution in [1.29, 1.82) is 0 Å². The largest absolute Gasteiger partial charge is 0.481 e. The van der Waals surface area contributed by atoms with Crippen molar-refractivity contribution in [3.8, 4) is 17.4 Å². The standard InChI is InChI=1S/C14H15N3O3/c1-19-13-6-5-12(8-16-13)20-11-4-2-3-10(7-11)14(18)17-9-15/h2-8H,9,15H2,1H3,(H,17,18). The zero-order valence-electron chi connectivity index (χ0n) is 11.0. The third-order valence-corrected chi connectivity index (χ3v) is 2.51. The average molecular weight is 273 g/mol. The number of hydrogen-bond donors (Lipinski definition) is 2. The van der Waals surface area contributed by atoms with Crippen LogP contribution in [0.5, 0.6) is 17.4 Å². The van der Waals surface area contributed by atoms with Crippen molar-refractivity contribution in [2.75, 3.05) is 13.8 Å². The van der Waals surface area contributed by atoms with Crippen LogP contribution in [0.1, 0.15) is 10.4 Å². The monoisotopic (exact) mass is 273 g/mol. The van der Waals surface area contributed by atoms with Gasteiger partial charge < -0.3 is 20.5 Å². The molecule has 0 radical (unpaired) electrons. The smallest absolute Gasteiger partial charge is 0.252 e. The maximum atomic E-state index is 11.7. The topological polar surface area (TPSA) is 86.5 Å². The van der Waals surface area contributed by atoms with Crippen LogP contribution >= 0.6 is 0 Å². The van der Waals surface area contributed by atoms with Gasteiger partial charge in [0.05, 0.1) is 20.0 Å². The summed E-state index contributed by atoms with van der Waals surface area (Å²) in [6.45, 7) is 0.0896. The number of nitrogens with one attached hydrogen (secondary N) is 1. The van der Waals surface area contributed by atoms with Gasteiger partial charge in [-0.15, -0.1) is 0 Å². The van der Waals surface area contributed by atoms with Crippen molar-refractivity contribution in [1.82, 2.24) is 10.3 Å². The number of hydrogen-bond acceptors (Lipinski definition) is 5. The van der Waals surface area contributed by atoms with Gasteiger partial charge in [0.1, 0.15) is 11.5 Å². The van der Waals surface area contributed by atoms with Crippen LogP contribution in [0.2, 0.25) is 0 Å². The Labute approximate surface area is 116 Å². The summed E-state index contributed by atoms with van der Waals surface area (Å²) in [5.41, 5.74) is 5.75. The lowest BCUT2D eigenvalue weighted by molar-refractivity contribution is 0.0954. The van der Waals surface area contributed by atoms with Crippen LogP contribution in [0.3, 0.4) is 0 Å². The summed E-state index contributed by atoms with van der Waals surface area (Å²) in [6.07, 6.45) is 1.55. The first kappa shape index (κ1) is 13.8. The molecular weight excluding hydrogens is 258 g/mol. The highest BCUT2D eigenvalue weighted by Crippen LogP contribution is 2.22. The minimum Gasteiger partial charge on any atom is -0.481 e. The molecule has 0 atom stereocenters. The fourth-order valence-electron chi connectivity index (χ4n) is 1.58. The molecular formula is C14H15N3O3. The number of nitrogens with two attached hydrogens (primary N) is 1. The van der Waals surface area contributed by atoms with Gasteiger partial charge in [-0.3, -0.25) is 4.79 Å². The van der Waals surface area contributed by atoms with Gasteiger partial charge in [0, 0.05) is 11.6 Å². The maximum absolute atomic E-state index is 11.7. The van der Waals surface area contributed by atoms with E-state index in [0.29, 0.717) is 22.9 Å². The molecule has 0 bridgehead atoms. The predicted molar refractivity (Wildman–Crippen MR) is 73.8 cm³/mol. The van der Waals surface area contributed by atoms with Gasteiger partial charge in [0.2, 0.25) is 5.88 Å². The number of benzene rings is 1. The quantitative estimate of drug-likeness (QED) is 0.807. The highest BCUT2D eigenvalue weighted by Gasteiger charge is 2.06. The van der Waals surface area contributed by atoms with Crippen molar-refractivity contribution < 1.29 is 14.3 Å². The number of methoxy groups -OCH3 is 1. The Morgan fingerprint density at radius 2 is 2.15 bits per heavy atom. The van der Waals surface area contributed by atoms with E-state index < -0.39 is 0 Å². The summed E-state index contributed by atoms with van der Waals surface area (Å²) in [5, 5.41) is 2.52. The molecule has 1 heterocycles. The molecule has 0 spiro atoms. The van der Waals surface area contributed by atoms with Crippen molar-refractivity contribution in [3.63, 3.8) is 0 Å². The molecule has 104 valence electrons. The first-order valence-corrected chi connectivity index (χ1v) is 5.99. The third-order valence-electron chi connectivity index (χ3n) is 2.51. The summed E-state index contributed by atoms with van der Waals surface area (Å²) in [5.74, 6) is 1.36. The van der Waals surface area contributed by atoms with Crippen LogP contribution in [0.25, 0.3) is 0 Å².